The SMILES string of the molecule is CCOC(=O)/C=C/CC[C@H](CC(C)=O)C(=O)N[C@H](C(=O)N1CCC[C@H]1C(=O)N[C@@H](CC(C)C)C(=O)C[C@H](C(N)=O)C1CCCCC1)C(C)(C)C. The molecule has 0 aromatic heterocycles. The van der Waals surface area contributed by atoms with Crippen LogP contribution in [-0.4, -0.2) is 77.3 Å². The zero-order chi connectivity index (χ0) is 37.6. The van der Waals surface area contributed by atoms with E-state index < -0.39 is 65.0 Å². The number of esters is 1. The van der Waals surface area contributed by atoms with E-state index in [1.165, 1.54) is 17.9 Å². The molecule has 2 fully saturated rings. The summed E-state index contributed by atoms with van der Waals surface area (Å²) in [6.45, 7) is 13.0. The van der Waals surface area contributed by atoms with Gasteiger partial charge in [-0.1, -0.05) is 60.0 Å². The zero-order valence-corrected chi connectivity index (χ0v) is 31.4. The van der Waals surface area contributed by atoms with E-state index in [9.17, 15) is 33.6 Å². The summed E-state index contributed by atoms with van der Waals surface area (Å²) < 4.78 is 4.88. The number of primary amides is 1. The van der Waals surface area contributed by atoms with Crippen LogP contribution in [0, 0.1) is 29.1 Å². The number of nitrogens with two attached hydrogens (primary N) is 1. The lowest BCUT2D eigenvalue weighted by atomic mass is 9.76. The van der Waals surface area contributed by atoms with Crippen LogP contribution in [0.15, 0.2) is 12.2 Å². The largest absolute Gasteiger partial charge is 0.463 e. The van der Waals surface area contributed by atoms with Crippen LogP contribution in [0.5, 0.6) is 0 Å². The van der Waals surface area contributed by atoms with Crippen molar-refractivity contribution in [3.63, 3.8) is 0 Å². The number of amides is 4. The van der Waals surface area contributed by atoms with Crippen LogP contribution < -0.4 is 16.4 Å². The number of nitrogens with one attached hydrogen (secondary N) is 2. The van der Waals surface area contributed by atoms with Crippen molar-refractivity contribution in [3.8, 4) is 0 Å². The molecule has 2 aliphatic rings. The Morgan fingerprint density at radius 1 is 0.940 bits per heavy atom. The van der Waals surface area contributed by atoms with Crippen molar-refractivity contribution in [2.24, 2.45) is 34.8 Å². The molecule has 0 aromatic carbocycles. The minimum Gasteiger partial charge on any atom is -0.463 e. The van der Waals surface area contributed by atoms with Crippen molar-refractivity contribution in [1.29, 1.82) is 0 Å². The lowest BCUT2D eigenvalue weighted by Gasteiger charge is -2.36. The Morgan fingerprint density at radius 3 is 2.16 bits per heavy atom. The highest BCUT2D eigenvalue weighted by molar-refractivity contribution is 5.96. The molecule has 4 N–H and O–H groups in total. The number of ether oxygens (including phenoxy) is 1. The van der Waals surface area contributed by atoms with Gasteiger partial charge in [-0.15, -0.1) is 0 Å². The molecule has 4 amide bonds. The average Bonchev–Trinajstić information content (AvgIpc) is 3.53. The van der Waals surface area contributed by atoms with Crippen LogP contribution in [0.4, 0.5) is 0 Å². The van der Waals surface area contributed by atoms with Crippen LogP contribution in [0.25, 0.3) is 0 Å². The Balaban J connectivity index is 2.21. The minimum absolute atomic E-state index is 0.0246. The van der Waals surface area contributed by atoms with Gasteiger partial charge in [0.05, 0.1) is 12.6 Å². The van der Waals surface area contributed by atoms with Crippen LogP contribution in [-0.2, 0) is 38.3 Å². The van der Waals surface area contributed by atoms with E-state index in [1.54, 1.807) is 13.0 Å². The molecule has 1 heterocycles. The van der Waals surface area contributed by atoms with E-state index in [0.29, 0.717) is 32.2 Å². The number of hydrogen-bond donors (Lipinski definition) is 3. The Bertz CT molecular complexity index is 1230. The predicted molar refractivity (Wildman–Crippen MR) is 190 cm³/mol. The number of Topliss-reactive ketones (excluding diaryl/α,β-unsaturated/α-hetero) is 2. The van der Waals surface area contributed by atoms with Crippen molar-refractivity contribution in [2.75, 3.05) is 13.2 Å². The van der Waals surface area contributed by atoms with Gasteiger partial charge in [0.15, 0.2) is 5.78 Å². The fourth-order valence-electron chi connectivity index (χ4n) is 7.12. The van der Waals surface area contributed by atoms with Gasteiger partial charge in [0.1, 0.15) is 17.9 Å². The zero-order valence-electron chi connectivity index (χ0n) is 31.4. The number of carbonyl (C=O) groups excluding carboxylic acids is 7. The van der Waals surface area contributed by atoms with Crippen LogP contribution in [0.2, 0.25) is 0 Å². The first-order valence-electron chi connectivity index (χ1n) is 18.5. The van der Waals surface area contributed by atoms with Gasteiger partial charge in [-0.05, 0) is 76.0 Å². The van der Waals surface area contributed by atoms with Crippen molar-refractivity contribution >= 4 is 41.2 Å². The maximum atomic E-state index is 14.2. The Kier molecular flexibility index (Phi) is 17.3. The van der Waals surface area contributed by atoms with Gasteiger partial charge in [-0.25, -0.2) is 4.79 Å². The molecule has 1 aliphatic carbocycles. The number of likely N-dealkylation sites (tertiary alicyclic amines) is 1. The second-order valence-electron chi connectivity index (χ2n) is 15.6. The third-order valence-corrected chi connectivity index (χ3v) is 9.78. The first-order valence-corrected chi connectivity index (χ1v) is 18.5. The van der Waals surface area contributed by atoms with Gasteiger partial charge in [-0.2, -0.15) is 0 Å². The normalized spacial score (nSPS) is 19.4. The molecule has 2 rings (SSSR count). The van der Waals surface area contributed by atoms with Crippen LogP contribution >= 0.6 is 0 Å². The molecule has 12 nitrogen and oxygen atoms in total. The quantitative estimate of drug-likeness (QED) is 0.132. The molecule has 0 unspecified atom stereocenters. The molecule has 1 saturated heterocycles. The number of carbonyl (C=O) groups is 7. The smallest absolute Gasteiger partial charge is 0.330 e. The van der Waals surface area contributed by atoms with E-state index in [1.807, 2.05) is 34.6 Å². The molecule has 12 heteroatoms. The highest BCUT2D eigenvalue weighted by Gasteiger charge is 2.43. The van der Waals surface area contributed by atoms with Crippen molar-refractivity contribution in [3.05, 3.63) is 12.2 Å². The molecule has 0 bridgehead atoms. The lowest BCUT2D eigenvalue weighted by molar-refractivity contribution is -0.145. The average molecular weight is 703 g/mol. The van der Waals surface area contributed by atoms with E-state index in [0.717, 1.165) is 32.1 Å². The predicted octanol–water partition coefficient (Wildman–Crippen LogP) is 4.18. The second-order valence-corrected chi connectivity index (χ2v) is 15.6. The molecule has 1 aliphatic heterocycles. The summed E-state index contributed by atoms with van der Waals surface area (Å²) >= 11 is 0. The van der Waals surface area contributed by atoms with Crippen LogP contribution in [0.3, 0.4) is 0 Å². The minimum atomic E-state index is -0.993. The summed E-state index contributed by atoms with van der Waals surface area (Å²) in [6.07, 6.45) is 9.64. The number of ketones is 2. The summed E-state index contributed by atoms with van der Waals surface area (Å²) in [6, 6.07) is -2.65. The summed E-state index contributed by atoms with van der Waals surface area (Å²) in [4.78, 5) is 92.8. The van der Waals surface area contributed by atoms with E-state index in [-0.39, 0.29) is 49.3 Å². The Labute approximate surface area is 298 Å². The van der Waals surface area contributed by atoms with Gasteiger partial charge in [-0.3, -0.25) is 24.0 Å². The Hall–Kier alpha value is -3.57. The van der Waals surface area contributed by atoms with E-state index in [2.05, 4.69) is 10.6 Å². The van der Waals surface area contributed by atoms with Crippen molar-refractivity contribution < 1.29 is 38.3 Å². The van der Waals surface area contributed by atoms with Gasteiger partial charge in [0, 0.05) is 37.3 Å². The highest BCUT2D eigenvalue weighted by Crippen LogP contribution is 2.33. The summed E-state index contributed by atoms with van der Waals surface area (Å²) in [5.41, 5.74) is 5.04. The number of nitrogens with zero attached hydrogens (tertiary/aromatic N) is 1. The van der Waals surface area contributed by atoms with Gasteiger partial charge in [0.2, 0.25) is 23.6 Å². The fourth-order valence-corrected chi connectivity index (χ4v) is 7.12. The van der Waals surface area contributed by atoms with E-state index >= 15 is 0 Å². The van der Waals surface area contributed by atoms with Gasteiger partial charge in [0.25, 0.3) is 0 Å². The first kappa shape index (κ1) is 42.6. The second kappa shape index (κ2) is 20.3. The van der Waals surface area contributed by atoms with Crippen LogP contribution in [0.1, 0.15) is 126 Å². The maximum absolute atomic E-state index is 14.2. The third kappa shape index (κ3) is 13.6. The molecular formula is C38H62N4O8. The summed E-state index contributed by atoms with van der Waals surface area (Å²) in [5, 5.41) is 5.82. The molecule has 5 atom stereocenters. The number of hydrogen-bond acceptors (Lipinski definition) is 8. The first-order chi connectivity index (χ1) is 23.5. The molecule has 0 spiro atoms. The fraction of sp³-hybridized carbons (Fsp3) is 0.763. The molecule has 0 aromatic rings. The molecule has 282 valence electrons. The Morgan fingerprint density at radius 2 is 1.60 bits per heavy atom. The highest BCUT2D eigenvalue weighted by atomic mass is 16.5. The monoisotopic (exact) mass is 702 g/mol. The van der Waals surface area contributed by atoms with Gasteiger partial charge >= 0.3 is 5.97 Å². The summed E-state index contributed by atoms with van der Waals surface area (Å²) in [5.74, 6) is -3.85. The van der Waals surface area contributed by atoms with E-state index in [4.69, 9.17) is 10.5 Å². The topological polar surface area (TPSA) is 182 Å². The molecule has 1 saturated carbocycles. The third-order valence-electron chi connectivity index (χ3n) is 9.78. The lowest BCUT2D eigenvalue weighted by Crippen LogP contribution is -2.59. The standard InChI is InChI=1S/C38H62N4O8/c1-8-50-32(45)19-13-12-17-27(22-25(4)43)35(47)41-33(38(5,6)7)37(49)42-20-14-18-30(42)36(48)40-29(21-24(2)3)31(44)23-28(34(39)46)26-15-10-9-11-16-26/h13,19,24,26-30,33H,8-12,14-18,20-23H2,1-7H3,(H2,39,46)(H,40,48)(H,41,47)/b19-13+/t27-,28+,29+,30+,33-/m1/s1. The van der Waals surface area contributed by atoms with Gasteiger partial charge < -0.3 is 30.8 Å². The number of allylic oxidation sites excluding steroid dienone is 1. The van der Waals surface area contributed by atoms with Crippen molar-refractivity contribution in [2.45, 2.75) is 144 Å². The molecular weight excluding hydrogens is 640 g/mol. The molecule has 0 radical (unpaired) electrons. The molecule has 50 heavy (non-hydrogen) atoms. The number of rotatable bonds is 19. The summed E-state index contributed by atoms with van der Waals surface area (Å²) in [7, 11) is 0. The maximum Gasteiger partial charge on any atom is 0.330 e. The van der Waals surface area contributed by atoms with Crippen molar-refractivity contribution in [1.82, 2.24) is 15.5 Å².